The van der Waals surface area contributed by atoms with Crippen molar-refractivity contribution < 1.29 is 4.79 Å². The lowest BCUT2D eigenvalue weighted by atomic mass is 9.98. The van der Waals surface area contributed by atoms with Gasteiger partial charge in [-0.1, -0.05) is 30.3 Å². The summed E-state index contributed by atoms with van der Waals surface area (Å²) in [7, 11) is 1.96. The van der Waals surface area contributed by atoms with Crippen LogP contribution in [-0.4, -0.2) is 45.4 Å². The molecule has 0 unspecified atom stereocenters. The number of amides is 1. The number of hydrogen-bond acceptors (Lipinski definition) is 5. The summed E-state index contributed by atoms with van der Waals surface area (Å²) < 4.78 is 1.91. The van der Waals surface area contributed by atoms with Gasteiger partial charge in [0.05, 0.1) is 6.04 Å². The van der Waals surface area contributed by atoms with E-state index in [4.69, 9.17) is 6.42 Å². The van der Waals surface area contributed by atoms with Crippen LogP contribution >= 0.6 is 0 Å². The van der Waals surface area contributed by atoms with Crippen LogP contribution in [0, 0.1) is 12.3 Å². The minimum atomic E-state index is -0.416. The fourth-order valence-electron chi connectivity index (χ4n) is 4.31. The van der Waals surface area contributed by atoms with Crippen molar-refractivity contribution in [3.63, 3.8) is 0 Å². The Morgan fingerprint density at radius 1 is 1.23 bits per heavy atom. The predicted octanol–water partition coefficient (Wildman–Crippen LogP) is 2.86. The Morgan fingerprint density at radius 2 is 2.03 bits per heavy atom. The fraction of sp³-hybridized carbons (Fsp3) is 0.478. The Bertz CT molecular complexity index is 938. The Kier molecular flexibility index (Phi) is 5.96. The standard InChI is InChI=1S/C23H28N6O/c1-3-4-12-23(26-27-23)13-10-22(30)25-20-17-29(15-18-8-6-5-7-9-18)16-19(20)21-11-14-24-28(21)2/h1,5-9,11,14,19-20H,4,10,12-13,15-17H2,2H3,(H,25,30)/t19-,20-/m1/s1. The molecule has 30 heavy (non-hydrogen) atoms. The fourth-order valence-corrected chi connectivity index (χ4v) is 4.31. The largest absolute Gasteiger partial charge is 0.351 e. The molecule has 1 amide bonds. The third-order valence-electron chi connectivity index (χ3n) is 6.03. The number of benzene rings is 1. The quantitative estimate of drug-likeness (QED) is 0.653. The van der Waals surface area contributed by atoms with E-state index in [2.05, 4.69) is 55.7 Å². The average Bonchev–Trinajstić information content (AvgIpc) is 3.23. The van der Waals surface area contributed by atoms with Crippen LogP contribution in [0.15, 0.2) is 52.8 Å². The molecule has 1 N–H and O–H groups in total. The first kappa shape index (κ1) is 20.3. The highest BCUT2D eigenvalue weighted by Gasteiger charge is 2.40. The molecule has 0 bridgehead atoms. The zero-order chi connectivity index (χ0) is 21.0. The maximum Gasteiger partial charge on any atom is 0.220 e. The highest BCUT2D eigenvalue weighted by molar-refractivity contribution is 5.76. The number of aromatic nitrogens is 2. The van der Waals surface area contributed by atoms with Crippen molar-refractivity contribution in [3.8, 4) is 12.3 Å². The minimum Gasteiger partial charge on any atom is -0.351 e. The van der Waals surface area contributed by atoms with E-state index in [0.717, 1.165) is 31.7 Å². The van der Waals surface area contributed by atoms with Gasteiger partial charge in [-0.25, -0.2) is 0 Å². The van der Waals surface area contributed by atoms with E-state index < -0.39 is 5.66 Å². The molecule has 3 heterocycles. The van der Waals surface area contributed by atoms with Crippen molar-refractivity contribution in [2.45, 2.75) is 49.9 Å². The van der Waals surface area contributed by atoms with Crippen LogP contribution in [0.3, 0.4) is 0 Å². The summed E-state index contributed by atoms with van der Waals surface area (Å²) in [6.07, 6.45) is 9.55. The third kappa shape index (κ3) is 4.77. The van der Waals surface area contributed by atoms with Crippen molar-refractivity contribution in [1.29, 1.82) is 0 Å². The van der Waals surface area contributed by atoms with Gasteiger partial charge in [0.1, 0.15) is 0 Å². The van der Waals surface area contributed by atoms with E-state index in [0.29, 0.717) is 19.3 Å². The summed E-state index contributed by atoms with van der Waals surface area (Å²) in [5.74, 6) is 2.88. The van der Waals surface area contributed by atoms with Crippen molar-refractivity contribution in [3.05, 3.63) is 53.9 Å². The lowest BCUT2D eigenvalue weighted by molar-refractivity contribution is -0.122. The summed E-state index contributed by atoms with van der Waals surface area (Å²) in [4.78, 5) is 15.1. The van der Waals surface area contributed by atoms with Gasteiger partial charge in [-0.3, -0.25) is 14.4 Å². The van der Waals surface area contributed by atoms with E-state index in [1.54, 1.807) is 0 Å². The third-order valence-corrected chi connectivity index (χ3v) is 6.03. The first-order valence-corrected chi connectivity index (χ1v) is 10.5. The van der Waals surface area contributed by atoms with Crippen LogP contribution in [0.1, 0.15) is 42.9 Å². The Labute approximate surface area is 177 Å². The Hall–Kier alpha value is -2.98. The first-order chi connectivity index (χ1) is 14.6. The zero-order valence-corrected chi connectivity index (χ0v) is 17.4. The first-order valence-electron chi connectivity index (χ1n) is 10.5. The molecule has 2 aliphatic rings. The summed E-state index contributed by atoms with van der Waals surface area (Å²) in [5.41, 5.74) is 2.01. The molecule has 4 rings (SSSR count). The van der Waals surface area contributed by atoms with Crippen LogP contribution in [0.5, 0.6) is 0 Å². The van der Waals surface area contributed by atoms with Gasteiger partial charge < -0.3 is 5.32 Å². The van der Waals surface area contributed by atoms with Gasteiger partial charge in [0.15, 0.2) is 5.66 Å². The summed E-state index contributed by atoms with van der Waals surface area (Å²) in [6.45, 7) is 2.57. The predicted molar refractivity (Wildman–Crippen MR) is 114 cm³/mol. The maximum atomic E-state index is 12.7. The lowest BCUT2D eigenvalue weighted by Gasteiger charge is -2.20. The molecule has 1 fully saturated rings. The molecular formula is C23H28N6O. The molecule has 156 valence electrons. The SMILES string of the molecule is C#CCCC1(CCC(=O)N[C@@H]2CN(Cc3ccccc3)C[C@H]2c2ccnn2C)N=N1. The van der Waals surface area contributed by atoms with Crippen molar-refractivity contribution in [1.82, 2.24) is 20.0 Å². The molecule has 2 aromatic rings. The number of aryl methyl sites for hydroxylation is 1. The number of carbonyl (C=O) groups is 1. The Morgan fingerprint density at radius 3 is 2.70 bits per heavy atom. The number of carbonyl (C=O) groups excluding carboxylic acids is 1. The molecule has 1 saturated heterocycles. The minimum absolute atomic E-state index is 0.0473. The molecule has 0 radical (unpaired) electrons. The number of terminal acetylenes is 1. The van der Waals surface area contributed by atoms with E-state index in [1.165, 1.54) is 5.56 Å². The molecule has 2 atom stereocenters. The molecule has 1 aromatic carbocycles. The van der Waals surface area contributed by atoms with E-state index in [-0.39, 0.29) is 17.9 Å². The summed E-state index contributed by atoms with van der Waals surface area (Å²) in [6, 6.07) is 12.5. The van der Waals surface area contributed by atoms with Crippen LogP contribution in [0.2, 0.25) is 0 Å². The molecule has 7 heteroatoms. The second-order valence-corrected chi connectivity index (χ2v) is 8.23. The molecule has 1 aromatic heterocycles. The van der Waals surface area contributed by atoms with Gasteiger partial charge in [-0.05, 0) is 11.6 Å². The van der Waals surface area contributed by atoms with Gasteiger partial charge in [0.2, 0.25) is 5.91 Å². The van der Waals surface area contributed by atoms with Crippen LogP contribution in [0.25, 0.3) is 0 Å². The van der Waals surface area contributed by atoms with Gasteiger partial charge in [-0.2, -0.15) is 15.3 Å². The zero-order valence-electron chi connectivity index (χ0n) is 17.4. The van der Waals surface area contributed by atoms with E-state index in [9.17, 15) is 4.79 Å². The second kappa shape index (κ2) is 8.80. The monoisotopic (exact) mass is 404 g/mol. The highest BCUT2D eigenvalue weighted by Crippen LogP contribution is 2.37. The molecule has 0 aliphatic carbocycles. The van der Waals surface area contributed by atoms with Gasteiger partial charge in [-0.15, -0.1) is 12.3 Å². The van der Waals surface area contributed by atoms with Gasteiger partial charge in [0, 0.05) is 70.2 Å². The normalized spacial score (nSPS) is 22.0. The molecule has 2 aliphatic heterocycles. The number of likely N-dealkylation sites (tertiary alicyclic amines) is 1. The second-order valence-electron chi connectivity index (χ2n) is 8.23. The molecular weight excluding hydrogens is 376 g/mol. The van der Waals surface area contributed by atoms with E-state index >= 15 is 0 Å². The number of nitrogens with zero attached hydrogens (tertiary/aromatic N) is 5. The van der Waals surface area contributed by atoms with Crippen LogP contribution < -0.4 is 5.32 Å². The molecule has 7 nitrogen and oxygen atoms in total. The van der Waals surface area contributed by atoms with Crippen molar-refractivity contribution in [2.75, 3.05) is 13.1 Å². The summed E-state index contributed by atoms with van der Waals surface area (Å²) in [5, 5.41) is 15.9. The van der Waals surface area contributed by atoms with Crippen LogP contribution in [-0.2, 0) is 18.4 Å². The highest BCUT2D eigenvalue weighted by atomic mass is 16.1. The Balaban J connectivity index is 1.38. The number of rotatable bonds is 9. The van der Waals surface area contributed by atoms with Gasteiger partial charge in [0.25, 0.3) is 0 Å². The van der Waals surface area contributed by atoms with E-state index in [1.807, 2.05) is 30.1 Å². The van der Waals surface area contributed by atoms with Gasteiger partial charge >= 0.3 is 0 Å². The van der Waals surface area contributed by atoms with Crippen molar-refractivity contribution in [2.24, 2.45) is 17.3 Å². The topological polar surface area (TPSA) is 74.9 Å². The van der Waals surface area contributed by atoms with Crippen LogP contribution in [0.4, 0.5) is 0 Å². The number of nitrogens with one attached hydrogen (secondary N) is 1. The maximum absolute atomic E-state index is 12.7. The lowest BCUT2D eigenvalue weighted by Crippen LogP contribution is -2.40. The summed E-state index contributed by atoms with van der Waals surface area (Å²) >= 11 is 0. The molecule has 0 saturated carbocycles. The average molecular weight is 405 g/mol. The number of hydrogen-bond donors (Lipinski definition) is 1. The molecule has 0 spiro atoms. The smallest absolute Gasteiger partial charge is 0.220 e. The van der Waals surface area contributed by atoms with Crippen molar-refractivity contribution >= 4 is 5.91 Å².